The number of nitrogens with zero attached hydrogens (tertiary/aromatic N) is 1. The molecule has 0 aliphatic heterocycles. The van der Waals surface area contributed by atoms with Gasteiger partial charge in [0.25, 0.3) is 5.69 Å². The van der Waals surface area contributed by atoms with E-state index in [2.05, 4.69) is 21.2 Å². The normalized spacial score (nSPS) is 12.1. The van der Waals surface area contributed by atoms with Crippen LogP contribution < -0.4 is 5.32 Å². The van der Waals surface area contributed by atoms with Crippen LogP contribution in [0.1, 0.15) is 24.1 Å². The number of nitro groups is 1. The molecule has 0 aliphatic carbocycles. The molecule has 0 amide bonds. The predicted molar refractivity (Wildman–Crippen MR) is 87.5 cm³/mol. The maximum atomic E-state index is 10.9. The summed E-state index contributed by atoms with van der Waals surface area (Å²) in [6.45, 7) is 2.54. The molecule has 0 aromatic heterocycles. The van der Waals surface area contributed by atoms with Gasteiger partial charge in [0.15, 0.2) is 0 Å². The summed E-state index contributed by atoms with van der Waals surface area (Å²) in [6, 6.07) is 12.8. The lowest BCUT2D eigenvalue weighted by Gasteiger charge is -2.15. The second-order valence-electron chi connectivity index (χ2n) is 4.67. The molecule has 0 fully saturated rings. The highest BCUT2D eigenvalue weighted by Crippen LogP contribution is 2.26. The van der Waals surface area contributed by atoms with Crippen molar-refractivity contribution >= 4 is 33.2 Å². The van der Waals surface area contributed by atoms with Gasteiger partial charge in [0.2, 0.25) is 0 Å². The summed E-state index contributed by atoms with van der Waals surface area (Å²) in [5.41, 5.74) is 1.93. The Kier molecular flexibility index (Phi) is 5.33. The third kappa shape index (κ3) is 4.03. The second kappa shape index (κ2) is 7.02. The van der Waals surface area contributed by atoms with Gasteiger partial charge in [-0.15, -0.1) is 0 Å². The van der Waals surface area contributed by atoms with E-state index in [1.807, 2.05) is 37.3 Å². The Hall–Kier alpha value is -1.43. The van der Waals surface area contributed by atoms with Gasteiger partial charge in [-0.25, -0.2) is 0 Å². The van der Waals surface area contributed by atoms with Crippen molar-refractivity contribution in [3.05, 3.63) is 73.2 Å². The van der Waals surface area contributed by atoms with Crippen molar-refractivity contribution in [1.29, 1.82) is 0 Å². The third-order valence-electron chi connectivity index (χ3n) is 3.19. The molecule has 0 heterocycles. The van der Waals surface area contributed by atoms with Crippen LogP contribution in [0.4, 0.5) is 5.69 Å². The maximum Gasteiger partial charge on any atom is 0.283 e. The van der Waals surface area contributed by atoms with Crippen LogP contribution in [-0.2, 0) is 6.54 Å². The van der Waals surface area contributed by atoms with E-state index < -0.39 is 4.92 Å². The zero-order valence-corrected chi connectivity index (χ0v) is 13.7. The highest BCUT2D eigenvalue weighted by atomic mass is 79.9. The van der Waals surface area contributed by atoms with Crippen LogP contribution in [0.2, 0.25) is 5.02 Å². The summed E-state index contributed by atoms with van der Waals surface area (Å²) in [6.07, 6.45) is 0. The van der Waals surface area contributed by atoms with Crippen molar-refractivity contribution in [2.24, 2.45) is 0 Å². The lowest BCUT2D eigenvalue weighted by atomic mass is 10.1. The van der Waals surface area contributed by atoms with Gasteiger partial charge in [-0.1, -0.05) is 35.9 Å². The van der Waals surface area contributed by atoms with Crippen molar-refractivity contribution < 1.29 is 4.92 Å². The van der Waals surface area contributed by atoms with Crippen LogP contribution in [0, 0.1) is 10.1 Å². The van der Waals surface area contributed by atoms with Crippen LogP contribution >= 0.6 is 27.5 Å². The first-order chi connectivity index (χ1) is 9.99. The monoisotopic (exact) mass is 368 g/mol. The zero-order valence-electron chi connectivity index (χ0n) is 11.3. The van der Waals surface area contributed by atoms with Gasteiger partial charge < -0.3 is 5.32 Å². The number of rotatable bonds is 5. The highest BCUT2D eigenvalue weighted by Gasteiger charge is 2.13. The number of hydrogen-bond acceptors (Lipinski definition) is 3. The molecule has 2 rings (SSSR count). The fourth-order valence-corrected chi connectivity index (χ4v) is 2.71. The van der Waals surface area contributed by atoms with Crippen molar-refractivity contribution in [1.82, 2.24) is 5.32 Å². The number of hydrogen-bond donors (Lipinski definition) is 1. The molecule has 0 spiro atoms. The van der Waals surface area contributed by atoms with Crippen LogP contribution in [0.25, 0.3) is 0 Å². The molecule has 0 aliphatic rings. The minimum atomic E-state index is -0.398. The van der Waals surface area contributed by atoms with Crippen molar-refractivity contribution in [2.45, 2.75) is 19.5 Å². The van der Waals surface area contributed by atoms with Crippen molar-refractivity contribution in [3.63, 3.8) is 0 Å². The molecule has 110 valence electrons. The fraction of sp³-hybridized carbons (Fsp3) is 0.200. The van der Waals surface area contributed by atoms with E-state index in [0.29, 0.717) is 16.0 Å². The van der Waals surface area contributed by atoms with E-state index in [-0.39, 0.29) is 11.7 Å². The molecule has 0 saturated carbocycles. The number of halogens is 2. The topological polar surface area (TPSA) is 55.2 Å². The Bertz CT molecular complexity index is 664. The summed E-state index contributed by atoms with van der Waals surface area (Å²) < 4.78 is 0.482. The third-order valence-corrected chi connectivity index (χ3v) is 4.21. The molecule has 1 unspecified atom stereocenters. The van der Waals surface area contributed by atoms with Crippen LogP contribution in [-0.4, -0.2) is 4.92 Å². The highest BCUT2D eigenvalue weighted by molar-refractivity contribution is 9.10. The first-order valence-corrected chi connectivity index (χ1v) is 7.56. The Morgan fingerprint density at radius 1 is 1.33 bits per heavy atom. The van der Waals surface area contributed by atoms with Gasteiger partial charge >= 0.3 is 0 Å². The number of nitrogens with one attached hydrogen (secondary N) is 1. The lowest BCUT2D eigenvalue weighted by molar-refractivity contribution is -0.385. The summed E-state index contributed by atoms with van der Waals surface area (Å²) >= 11 is 9.33. The van der Waals surface area contributed by atoms with Gasteiger partial charge in [0.1, 0.15) is 0 Å². The van der Waals surface area contributed by atoms with Gasteiger partial charge in [0.05, 0.1) is 9.40 Å². The molecule has 1 atom stereocenters. The summed E-state index contributed by atoms with van der Waals surface area (Å²) in [5, 5.41) is 14.9. The minimum Gasteiger partial charge on any atom is -0.306 e. The molecule has 0 radical (unpaired) electrons. The molecule has 6 heteroatoms. The van der Waals surface area contributed by atoms with E-state index in [9.17, 15) is 10.1 Å². The minimum absolute atomic E-state index is 0.0569. The molecule has 4 nitrogen and oxygen atoms in total. The molecular formula is C15H14BrClN2O2. The fourth-order valence-electron chi connectivity index (χ4n) is 2.02. The standard InChI is InChI=1S/C15H14BrClN2O2/c1-10(12-4-2-3-5-14(12)17)18-9-11-6-7-13(16)15(8-11)19(20)21/h2-8,10,18H,9H2,1H3. The zero-order chi connectivity index (χ0) is 15.4. The second-order valence-corrected chi connectivity index (χ2v) is 5.93. The SMILES string of the molecule is CC(NCc1ccc(Br)c([N+](=O)[O-])c1)c1ccccc1Cl. The van der Waals surface area contributed by atoms with Crippen molar-refractivity contribution in [2.75, 3.05) is 0 Å². The summed E-state index contributed by atoms with van der Waals surface area (Å²) in [7, 11) is 0. The number of benzene rings is 2. The molecule has 0 bridgehead atoms. The van der Waals surface area contributed by atoms with Gasteiger partial charge in [0, 0.05) is 23.7 Å². The van der Waals surface area contributed by atoms with Crippen molar-refractivity contribution in [3.8, 4) is 0 Å². The van der Waals surface area contributed by atoms with E-state index in [1.54, 1.807) is 12.1 Å². The quantitative estimate of drug-likeness (QED) is 0.605. The first-order valence-electron chi connectivity index (χ1n) is 6.39. The van der Waals surface area contributed by atoms with E-state index in [1.165, 1.54) is 0 Å². The molecule has 2 aromatic rings. The summed E-state index contributed by atoms with van der Waals surface area (Å²) in [4.78, 5) is 10.5. The largest absolute Gasteiger partial charge is 0.306 e. The molecule has 2 aromatic carbocycles. The van der Waals surface area contributed by atoms with Gasteiger partial charge in [-0.3, -0.25) is 10.1 Å². The van der Waals surface area contributed by atoms with Gasteiger partial charge in [-0.05, 0) is 46.1 Å². The smallest absolute Gasteiger partial charge is 0.283 e. The maximum absolute atomic E-state index is 10.9. The average Bonchev–Trinajstić information content (AvgIpc) is 2.46. The summed E-state index contributed by atoms with van der Waals surface area (Å²) in [5.74, 6) is 0. The molecule has 1 N–H and O–H groups in total. The Morgan fingerprint density at radius 2 is 2.05 bits per heavy atom. The average molecular weight is 370 g/mol. The van der Waals surface area contributed by atoms with Gasteiger partial charge in [-0.2, -0.15) is 0 Å². The first kappa shape index (κ1) is 15.9. The Balaban J connectivity index is 2.08. The Morgan fingerprint density at radius 3 is 2.71 bits per heavy atom. The van der Waals surface area contributed by atoms with Crippen LogP contribution in [0.5, 0.6) is 0 Å². The molecule has 0 saturated heterocycles. The number of nitro benzene ring substituents is 1. The van der Waals surface area contributed by atoms with E-state index in [0.717, 1.165) is 11.1 Å². The molecule has 21 heavy (non-hydrogen) atoms. The van der Waals surface area contributed by atoms with Crippen LogP contribution in [0.15, 0.2) is 46.9 Å². The predicted octanol–water partition coefficient (Wildman–Crippen LogP) is 4.86. The lowest BCUT2D eigenvalue weighted by Crippen LogP contribution is -2.18. The Labute approximate surface area is 136 Å². The molecular weight excluding hydrogens is 356 g/mol. The van der Waals surface area contributed by atoms with E-state index in [4.69, 9.17) is 11.6 Å². The van der Waals surface area contributed by atoms with Crippen LogP contribution in [0.3, 0.4) is 0 Å². The van der Waals surface area contributed by atoms with E-state index >= 15 is 0 Å².